The van der Waals surface area contributed by atoms with Crippen molar-refractivity contribution in [2.24, 2.45) is 0 Å². The Hall–Kier alpha value is -1.62. The minimum atomic E-state index is -0.159. The lowest BCUT2D eigenvalue weighted by molar-refractivity contribution is 0.239. The molecule has 0 saturated heterocycles. The van der Waals surface area contributed by atoms with E-state index in [1.165, 1.54) is 10.9 Å². The van der Waals surface area contributed by atoms with Crippen molar-refractivity contribution in [3.05, 3.63) is 41.1 Å². The molecule has 0 aliphatic carbocycles. The van der Waals surface area contributed by atoms with Crippen LogP contribution in [0.2, 0.25) is 0 Å². The molecule has 2 aromatic rings. The molecule has 1 amide bonds. The second-order valence-electron chi connectivity index (χ2n) is 3.16. The largest absolute Gasteiger partial charge is 0.330 e. The minimum Gasteiger partial charge on any atom is -0.330 e. The standard InChI is InChI=1S/C10H11N3OS/c1-8(9-3-2-6-15-9)12-10(14)13-5-4-11-7-13/h2-8H,1H3,(H,12,14)/t8-/m0/s1. The van der Waals surface area contributed by atoms with E-state index in [0.717, 1.165) is 4.88 Å². The lowest BCUT2D eigenvalue weighted by Gasteiger charge is -2.11. The van der Waals surface area contributed by atoms with E-state index in [4.69, 9.17) is 0 Å². The summed E-state index contributed by atoms with van der Waals surface area (Å²) in [6, 6.07) is 3.84. The molecule has 5 heteroatoms. The average Bonchev–Trinajstić information content (AvgIpc) is 2.91. The molecule has 1 N–H and O–H groups in total. The number of amides is 1. The maximum absolute atomic E-state index is 11.6. The Bertz CT molecular complexity index is 421. The highest BCUT2D eigenvalue weighted by Gasteiger charge is 2.10. The van der Waals surface area contributed by atoms with Crippen LogP contribution in [-0.2, 0) is 0 Å². The van der Waals surface area contributed by atoms with Gasteiger partial charge in [0.05, 0.1) is 6.04 Å². The van der Waals surface area contributed by atoms with Gasteiger partial charge >= 0.3 is 6.03 Å². The Morgan fingerprint density at radius 2 is 2.53 bits per heavy atom. The second kappa shape index (κ2) is 4.27. The Balaban J connectivity index is 2.01. The van der Waals surface area contributed by atoms with Crippen LogP contribution in [0.25, 0.3) is 0 Å². The minimum absolute atomic E-state index is 0.0277. The summed E-state index contributed by atoms with van der Waals surface area (Å²) in [7, 11) is 0. The van der Waals surface area contributed by atoms with Crippen molar-refractivity contribution >= 4 is 17.4 Å². The molecule has 0 bridgehead atoms. The van der Waals surface area contributed by atoms with E-state index in [2.05, 4.69) is 10.3 Å². The highest BCUT2D eigenvalue weighted by Crippen LogP contribution is 2.17. The zero-order valence-corrected chi connectivity index (χ0v) is 9.07. The fourth-order valence-electron chi connectivity index (χ4n) is 1.25. The summed E-state index contributed by atoms with van der Waals surface area (Å²) in [5.41, 5.74) is 0. The molecule has 0 aliphatic rings. The van der Waals surface area contributed by atoms with Crippen LogP contribution in [0.15, 0.2) is 36.2 Å². The first-order chi connectivity index (χ1) is 7.27. The summed E-state index contributed by atoms with van der Waals surface area (Å²) < 4.78 is 1.42. The van der Waals surface area contributed by atoms with Crippen molar-refractivity contribution < 1.29 is 4.79 Å². The van der Waals surface area contributed by atoms with E-state index in [-0.39, 0.29) is 12.1 Å². The van der Waals surface area contributed by atoms with Crippen LogP contribution in [0.5, 0.6) is 0 Å². The molecule has 78 valence electrons. The Kier molecular flexibility index (Phi) is 2.82. The SMILES string of the molecule is C[C@H](NC(=O)n1ccnc1)c1cccs1. The molecule has 0 fully saturated rings. The highest BCUT2D eigenvalue weighted by molar-refractivity contribution is 7.10. The molecule has 2 rings (SSSR count). The number of hydrogen-bond acceptors (Lipinski definition) is 3. The molecule has 1 atom stereocenters. The van der Waals surface area contributed by atoms with Gasteiger partial charge in [-0.2, -0.15) is 0 Å². The van der Waals surface area contributed by atoms with Gasteiger partial charge in [-0.3, -0.25) is 4.57 Å². The van der Waals surface area contributed by atoms with Crippen molar-refractivity contribution in [2.45, 2.75) is 13.0 Å². The summed E-state index contributed by atoms with van der Waals surface area (Å²) in [6.07, 6.45) is 4.68. The predicted molar refractivity (Wildman–Crippen MR) is 58.9 cm³/mol. The molecular formula is C10H11N3OS. The number of carbonyl (C=O) groups excluding carboxylic acids is 1. The van der Waals surface area contributed by atoms with E-state index in [1.807, 2.05) is 24.4 Å². The Labute approximate surface area is 91.6 Å². The quantitative estimate of drug-likeness (QED) is 0.845. The summed E-state index contributed by atoms with van der Waals surface area (Å²) >= 11 is 1.63. The van der Waals surface area contributed by atoms with Crippen LogP contribution in [0.4, 0.5) is 4.79 Å². The van der Waals surface area contributed by atoms with Crippen LogP contribution in [0.3, 0.4) is 0 Å². The summed E-state index contributed by atoms with van der Waals surface area (Å²) in [5.74, 6) is 0. The number of carbonyl (C=O) groups is 1. The number of nitrogens with zero attached hydrogens (tertiary/aromatic N) is 2. The van der Waals surface area contributed by atoms with Crippen LogP contribution in [0.1, 0.15) is 17.8 Å². The van der Waals surface area contributed by atoms with Gasteiger partial charge in [-0.15, -0.1) is 11.3 Å². The molecule has 0 aromatic carbocycles. The zero-order chi connectivity index (χ0) is 10.7. The average molecular weight is 221 g/mol. The lowest BCUT2D eigenvalue weighted by atomic mass is 10.3. The predicted octanol–water partition coefficient (Wildman–Crippen LogP) is 2.26. The smallest absolute Gasteiger partial charge is 0.327 e. The van der Waals surface area contributed by atoms with Gasteiger partial charge < -0.3 is 5.32 Å². The summed E-state index contributed by atoms with van der Waals surface area (Å²) in [6.45, 7) is 1.96. The van der Waals surface area contributed by atoms with E-state index in [9.17, 15) is 4.79 Å². The van der Waals surface area contributed by atoms with Crippen molar-refractivity contribution in [1.29, 1.82) is 0 Å². The first kappa shape index (κ1) is 9.92. The third kappa shape index (κ3) is 2.24. The van der Waals surface area contributed by atoms with Gasteiger partial charge in [-0.05, 0) is 18.4 Å². The summed E-state index contributed by atoms with van der Waals surface area (Å²) in [5, 5.41) is 4.87. The second-order valence-corrected chi connectivity index (χ2v) is 4.14. The van der Waals surface area contributed by atoms with Gasteiger partial charge in [0.25, 0.3) is 0 Å². The van der Waals surface area contributed by atoms with Crippen molar-refractivity contribution in [2.75, 3.05) is 0 Å². The number of rotatable bonds is 2. The molecule has 4 nitrogen and oxygen atoms in total. The van der Waals surface area contributed by atoms with E-state index < -0.39 is 0 Å². The molecule has 0 aliphatic heterocycles. The van der Waals surface area contributed by atoms with Crippen LogP contribution in [-0.4, -0.2) is 15.6 Å². The molecule has 0 radical (unpaired) electrons. The fraction of sp³-hybridized carbons (Fsp3) is 0.200. The van der Waals surface area contributed by atoms with Gasteiger partial charge in [0, 0.05) is 17.3 Å². The van der Waals surface area contributed by atoms with Crippen LogP contribution in [0, 0.1) is 0 Å². The Morgan fingerprint density at radius 3 is 3.13 bits per heavy atom. The van der Waals surface area contributed by atoms with Crippen molar-refractivity contribution in [1.82, 2.24) is 14.9 Å². The van der Waals surface area contributed by atoms with Gasteiger partial charge in [-0.1, -0.05) is 6.07 Å². The number of hydrogen-bond donors (Lipinski definition) is 1. The molecular weight excluding hydrogens is 210 g/mol. The molecule has 0 unspecified atom stereocenters. The normalized spacial score (nSPS) is 12.3. The molecule has 15 heavy (non-hydrogen) atoms. The third-order valence-corrected chi connectivity index (χ3v) is 3.10. The number of thiophene rings is 1. The molecule has 0 saturated carbocycles. The number of aromatic nitrogens is 2. The maximum atomic E-state index is 11.6. The first-order valence-electron chi connectivity index (χ1n) is 4.59. The Morgan fingerprint density at radius 1 is 1.67 bits per heavy atom. The van der Waals surface area contributed by atoms with Crippen molar-refractivity contribution in [3.8, 4) is 0 Å². The maximum Gasteiger partial charge on any atom is 0.327 e. The van der Waals surface area contributed by atoms with Gasteiger partial charge in [-0.25, -0.2) is 9.78 Å². The fourth-order valence-corrected chi connectivity index (χ4v) is 1.98. The number of nitrogens with one attached hydrogen (secondary N) is 1. The molecule has 2 aromatic heterocycles. The van der Waals surface area contributed by atoms with E-state index >= 15 is 0 Å². The molecule has 2 heterocycles. The zero-order valence-electron chi connectivity index (χ0n) is 8.25. The topological polar surface area (TPSA) is 46.9 Å². The monoisotopic (exact) mass is 221 g/mol. The van der Waals surface area contributed by atoms with Gasteiger partial charge in [0.1, 0.15) is 6.33 Å². The third-order valence-electron chi connectivity index (χ3n) is 2.05. The summed E-state index contributed by atoms with van der Waals surface area (Å²) in [4.78, 5) is 16.6. The van der Waals surface area contributed by atoms with Crippen LogP contribution >= 0.6 is 11.3 Å². The first-order valence-corrected chi connectivity index (χ1v) is 5.47. The van der Waals surface area contributed by atoms with E-state index in [1.54, 1.807) is 23.7 Å². The number of imidazole rings is 1. The molecule has 0 spiro atoms. The lowest BCUT2D eigenvalue weighted by Crippen LogP contribution is -2.29. The van der Waals surface area contributed by atoms with Gasteiger partial charge in [0.15, 0.2) is 0 Å². The van der Waals surface area contributed by atoms with Gasteiger partial charge in [0.2, 0.25) is 0 Å². The highest BCUT2D eigenvalue weighted by atomic mass is 32.1. The van der Waals surface area contributed by atoms with Crippen molar-refractivity contribution in [3.63, 3.8) is 0 Å². The van der Waals surface area contributed by atoms with Crippen LogP contribution < -0.4 is 5.32 Å². The van der Waals surface area contributed by atoms with E-state index in [0.29, 0.717) is 0 Å².